The van der Waals surface area contributed by atoms with Crippen molar-refractivity contribution in [2.45, 2.75) is 59.6 Å². The lowest BCUT2D eigenvalue weighted by Gasteiger charge is -2.34. The molecular weight excluding hydrogens is 523 g/mol. The van der Waals surface area contributed by atoms with Crippen LogP contribution in [0.3, 0.4) is 0 Å². The first-order valence-corrected chi connectivity index (χ1v) is 13.7. The summed E-state index contributed by atoms with van der Waals surface area (Å²) in [5, 5.41) is 14.7. The highest BCUT2D eigenvalue weighted by molar-refractivity contribution is 5.84. The van der Waals surface area contributed by atoms with Crippen molar-refractivity contribution in [3.8, 4) is 28.4 Å². The van der Waals surface area contributed by atoms with E-state index in [0.29, 0.717) is 46.9 Å². The molecule has 10 heteroatoms. The first-order chi connectivity index (χ1) is 19.4. The Bertz CT molecular complexity index is 1790. The summed E-state index contributed by atoms with van der Waals surface area (Å²) < 4.78 is 29.9. The highest BCUT2D eigenvalue weighted by Gasteiger charge is 2.37. The lowest BCUT2D eigenvalue weighted by molar-refractivity contribution is 0.0159. The first kappa shape index (κ1) is 26.7. The van der Waals surface area contributed by atoms with Gasteiger partial charge in [-0.05, 0) is 76.9 Å². The minimum Gasteiger partial charge on any atom is -0.444 e. The topological polar surface area (TPSA) is 91.2 Å². The van der Waals surface area contributed by atoms with E-state index in [1.807, 2.05) is 69.9 Å². The highest BCUT2D eigenvalue weighted by atomic mass is 19.1. The van der Waals surface area contributed by atoms with Crippen molar-refractivity contribution in [3.05, 3.63) is 70.8 Å². The predicted molar refractivity (Wildman–Crippen MR) is 153 cm³/mol. The molecule has 0 aliphatic carbocycles. The second-order valence-electron chi connectivity index (χ2n) is 11.7. The van der Waals surface area contributed by atoms with E-state index in [1.165, 1.54) is 0 Å². The Morgan fingerprint density at radius 2 is 1.85 bits per heavy atom. The molecule has 0 N–H and O–H groups in total. The van der Waals surface area contributed by atoms with Crippen molar-refractivity contribution in [1.29, 1.82) is 0 Å². The molecule has 0 radical (unpaired) electrons. The van der Waals surface area contributed by atoms with Gasteiger partial charge in [0.15, 0.2) is 5.76 Å². The molecule has 212 valence electrons. The number of carbonyl (C=O) groups excluding carboxylic acids is 1. The number of halogens is 1. The lowest BCUT2D eigenvalue weighted by atomic mass is 9.96. The standard InChI is InChI=1S/C31H33FN6O3/c1-17-12-22(13-18(2)28(17)32)38-29(27-19(3)37(11-10-23(27)34-38)30(39)40-31(4,5)6)26-15-24(35-41-26)20-8-9-25-21(14-20)16-33-36(25)7/h8-9,12-16,19H,10-11H2,1-7H3/t19-/m0/s1. The Balaban J connectivity index is 1.49. The van der Waals surface area contributed by atoms with Crippen LogP contribution in [0.25, 0.3) is 39.3 Å². The summed E-state index contributed by atoms with van der Waals surface area (Å²) in [7, 11) is 1.90. The van der Waals surface area contributed by atoms with Crippen molar-refractivity contribution in [2.24, 2.45) is 7.05 Å². The van der Waals surface area contributed by atoms with Crippen LogP contribution in [0.1, 0.15) is 56.1 Å². The van der Waals surface area contributed by atoms with Gasteiger partial charge in [0.05, 0.1) is 29.1 Å². The smallest absolute Gasteiger partial charge is 0.410 e. The lowest BCUT2D eigenvalue weighted by Crippen LogP contribution is -2.42. The van der Waals surface area contributed by atoms with Gasteiger partial charge in [0.25, 0.3) is 0 Å². The van der Waals surface area contributed by atoms with Gasteiger partial charge >= 0.3 is 6.09 Å². The number of hydrogen-bond donors (Lipinski definition) is 0. The molecule has 1 aliphatic rings. The molecule has 3 aromatic heterocycles. The maximum Gasteiger partial charge on any atom is 0.410 e. The van der Waals surface area contributed by atoms with Crippen LogP contribution in [0, 0.1) is 19.7 Å². The third kappa shape index (κ3) is 4.67. The quantitative estimate of drug-likeness (QED) is 0.246. The molecule has 1 atom stereocenters. The highest BCUT2D eigenvalue weighted by Crippen LogP contribution is 2.41. The summed E-state index contributed by atoms with van der Waals surface area (Å²) in [6.07, 6.45) is 1.97. The van der Waals surface area contributed by atoms with E-state index in [0.717, 1.165) is 27.7 Å². The average molecular weight is 557 g/mol. The summed E-state index contributed by atoms with van der Waals surface area (Å²) in [6.45, 7) is 11.5. The molecule has 0 unspecified atom stereocenters. The van der Waals surface area contributed by atoms with Crippen LogP contribution < -0.4 is 0 Å². The van der Waals surface area contributed by atoms with E-state index in [-0.39, 0.29) is 18.0 Å². The predicted octanol–water partition coefficient (Wildman–Crippen LogP) is 6.69. The molecule has 6 rings (SSSR count). The monoisotopic (exact) mass is 556 g/mol. The molecule has 0 saturated carbocycles. The molecule has 0 bridgehead atoms. The van der Waals surface area contributed by atoms with Crippen LogP contribution in [-0.4, -0.2) is 47.9 Å². The maximum absolute atomic E-state index is 14.6. The number of amides is 1. The number of nitrogens with zero attached hydrogens (tertiary/aromatic N) is 6. The zero-order chi connectivity index (χ0) is 29.2. The first-order valence-electron chi connectivity index (χ1n) is 13.7. The molecule has 0 saturated heterocycles. The zero-order valence-corrected chi connectivity index (χ0v) is 24.3. The number of ether oxygens (including phenoxy) is 1. The second kappa shape index (κ2) is 9.57. The molecule has 0 fully saturated rings. The largest absolute Gasteiger partial charge is 0.444 e. The fourth-order valence-electron chi connectivity index (χ4n) is 5.56. The van der Waals surface area contributed by atoms with Crippen molar-refractivity contribution in [1.82, 2.24) is 29.6 Å². The van der Waals surface area contributed by atoms with Crippen molar-refractivity contribution < 1.29 is 18.4 Å². The number of benzene rings is 2. The molecule has 9 nitrogen and oxygen atoms in total. The van der Waals surface area contributed by atoms with Gasteiger partial charge in [0, 0.05) is 42.6 Å². The minimum absolute atomic E-state index is 0.246. The second-order valence-corrected chi connectivity index (χ2v) is 11.7. The van der Waals surface area contributed by atoms with Gasteiger partial charge < -0.3 is 14.2 Å². The van der Waals surface area contributed by atoms with Gasteiger partial charge in [0.1, 0.15) is 22.8 Å². The fraction of sp³-hybridized carbons (Fsp3) is 0.355. The number of aromatic nitrogens is 5. The van der Waals surface area contributed by atoms with Gasteiger partial charge in [-0.3, -0.25) is 4.68 Å². The summed E-state index contributed by atoms with van der Waals surface area (Å²) in [4.78, 5) is 14.9. The van der Waals surface area contributed by atoms with Gasteiger partial charge in [-0.1, -0.05) is 11.2 Å². The van der Waals surface area contributed by atoms with Gasteiger partial charge in [-0.25, -0.2) is 13.9 Å². The van der Waals surface area contributed by atoms with E-state index >= 15 is 0 Å². The Hall–Kier alpha value is -4.47. The molecule has 1 aliphatic heterocycles. The van der Waals surface area contributed by atoms with E-state index < -0.39 is 5.60 Å². The number of fused-ring (bicyclic) bond motifs is 2. The van der Waals surface area contributed by atoms with Crippen LogP contribution in [-0.2, 0) is 18.2 Å². The van der Waals surface area contributed by atoms with E-state index in [4.69, 9.17) is 14.4 Å². The van der Waals surface area contributed by atoms with Gasteiger partial charge in [-0.15, -0.1) is 0 Å². The van der Waals surface area contributed by atoms with Crippen molar-refractivity contribution in [2.75, 3.05) is 6.54 Å². The minimum atomic E-state index is -0.623. The zero-order valence-electron chi connectivity index (χ0n) is 24.3. The normalized spacial score (nSPS) is 15.4. The van der Waals surface area contributed by atoms with Crippen LogP contribution in [0.15, 0.2) is 47.1 Å². The summed E-state index contributed by atoms with van der Waals surface area (Å²) in [6, 6.07) is 11.1. The summed E-state index contributed by atoms with van der Waals surface area (Å²) >= 11 is 0. The molecular formula is C31H33FN6O3. The number of hydrogen-bond acceptors (Lipinski definition) is 6. The van der Waals surface area contributed by atoms with E-state index in [9.17, 15) is 9.18 Å². The van der Waals surface area contributed by atoms with Gasteiger partial charge in [-0.2, -0.15) is 10.2 Å². The van der Waals surface area contributed by atoms with Gasteiger partial charge in [0.2, 0.25) is 0 Å². The molecule has 41 heavy (non-hydrogen) atoms. The van der Waals surface area contributed by atoms with E-state index in [2.05, 4.69) is 10.3 Å². The molecule has 2 aromatic carbocycles. The third-order valence-corrected chi connectivity index (χ3v) is 7.55. The fourth-order valence-corrected chi connectivity index (χ4v) is 5.56. The van der Waals surface area contributed by atoms with Crippen molar-refractivity contribution in [3.63, 3.8) is 0 Å². The average Bonchev–Trinajstić information content (AvgIpc) is 3.63. The number of carbonyl (C=O) groups is 1. The van der Waals surface area contributed by atoms with Crippen LogP contribution >= 0.6 is 0 Å². The molecule has 4 heterocycles. The Kier molecular flexibility index (Phi) is 6.24. The molecule has 5 aromatic rings. The SMILES string of the molecule is Cc1cc(-n2nc3c(c2-c2cc(-c4ccc5c(cnn5C)c4)no2)[C@H](C)N(C(=O)OC(C)(C)C)CC3)cc(C)c1F. The molecule has 1 amide bonds. The van der Waals surface area contributed by atoms with Crippen LogP contribution in [0.5, 0.6) is 0 Å². The van der Waals surface area contributed by atoms with Crippen LogP contribution in [0.2, 0.25) is 0 Å². The number of aryl methyl sites for hydroxylation is 3. The van der Waals surface area contributed by atoms with E-state index in [1.54, 1.807) is 35.6 Å². The Labute approximate surface area is 237 Å². The Morgan fingerprint density at radius 3 is 2.56 bits per heavy atom. The third-order valence-electron chi connectivity index (χ3n) is 7.55. The summed E-state index contributed by atoms with van der Waals surface area (Å²) in [5.74, 6) is 0.252. The Morgan fingerprint density at radius 1 is 1.12 bits per heavy atom. The maximum atomic E-state index is 14.6. The number of rotatable bonds is 3. The van der Waals surface area contributed by atoms with Crippen LogP contribution in [0.4, 0.5) is 9.18 Å². The van der Waals surface area contributed by atoms with Crippen molar-refractivity contribution >= 4 is 17.0 Å². The summed E-state index contributed by atoms with van der Waals surface area (Å²) in [5.41, 5.74) is 6.06. The molecule has 0 spiro atoms.